The van der Waals surface area contributed by atoms with E-state index in [4.69, 9.17) is 0 Å². The normalized spacial score (nSPS) is 22.8. The first-order valence-electron chi connectivity index (χ1n) is 5.63. The van der Waals surface area contributed by atoms with Gasteiger partial charge in [0.15, 0.2) is 0 Å². The van der Waals surface area contributed by atoms with Crippen molar-refractivity contribution < 1.29 is 9.90 Å². The molecule has 0 heterocycles. The molecule has 1 aliphatic carbocycles. The van der Waals surface area contributed by atoms with E-state index in [2.05, 4.69) is 6.58 Å². The topological polar surface area (TPSA) is 37.3 Å². The maximum Gasteiger partial charge on any atom is 0.314 e. The van der Waals surface area contributed by atoms with Crippen molar-refractivity contribution >= 4 is 5.97 Å². The summed E-state index contributed by atoms with van der Waals surface area (Å²) in [5.41, 5.74) is 1.52. The maximum absolute atomic E-state index is 11.6. The highest BCUT2D eigenvalue weighted by atomic mass is 16.4. The van der Waals surface area contributed by atoms with Crippen molar-refractivity contribution in [2.75, 3.05) is 0 Å². The van der Waals surface area contributed by atoms with Crippen molar-refractivity contribution in [3.63, 3.8) is 0 Å². The molecule has 84 valence electrons. The molecule has 0 saturated heterocycles. The lowest BCUT2D eigenvalue weighted by Gasteiger charge is -2.24. The van der Waals surface area contributed by atoms with E-state index in [0.717, 1.165) is 24.8 Å². The van der Waals surface area contributed by atoms with Crippen molar-refractivity contribution in [1.29, 1.82) is 0 Å². The van der Waals surface area contributed by atoms with Gasteiger partial charge in [-0.2, -0.15) is 0 Å². The maximum atomic E-state index is 11.6. The highest BCUT2D eigenvalue weighted by Gasteiger charge is 2.44. The molecule has 1 unspecified atom stereocenters. The van der Waals surface area contributed by atoms with Gasteiger partial charge in [-0.05, 0) is 36.8 Å². The number of benzene rings is 1. The summed E-state index contributed by atoms with van der Waals surface area (Å²) in [5.74, 6) is -0.695. The lowest BCUT2D eigenvalue weighted by Crippen LogP contribution is -2.33. The third-order valence-corrected chi connectivity index (χ3v) is 3.54. The standard InChI is InChI=1S/C14H16O2/c1-2-3-9-14(13(15)16)10-8-11-6-4-5-7-12(11)14/h2,4-7H,1,3,8-10H2,(H,15,16). The molecular weight excluding hydrogens is 200 g/mol. The van der Waals surface area contributed by atoms with Crippen molar-refractivity contribution in [2.45, 2.75) is 31.1 Å². The van der Waals surface area contributed by atoms with Gasteiger partial charge in [-0.25, -0.2) is 0 Å². The molecule has 2 rings (SSSR count). The fourth-order valence-electron chi connectivity index (χ4n) is 2.63. The van der Waals surface area contributed by atoms with Crippen LogP contribution in [0.5, 0.6) is 0 Å². The second kappa shape index (κ2) is 4.12. The Balaban J connectivity index is 2.42. The molecule has 16 heavy (non-hydrogen) atoms. The van der Waals surface area contributed by atoms with E-state index in [1.165, 1.54) is 5.56 Å². The van der Waals surface area contributed by atoms with E-state index in [1.807, 2.05) is 24.3 Å². The average Bonchev–Trinajstić information content (AvgIpc) is 2.67. The molecule has 1 atom stereocenters. The van der Waals surface area contributed by atoms with Crippen LogP contribution in [-0.4, -0.2) is 11.1 Å². The zero-order valence-electron chi connectivity index (χ0n) is 9.28. The molecule has 0 aromatic heterocycles. The van der Waals surface area contributed by atoms with Crippen LogP contribution in [0.2, 0.25) is 0 Å². The van der Waals surface area contributed by atoms with E-state index in [-0.39, 0.29) is 0 Å². The van der Waals surface area contributed by atoms with Gasteiger partial charge in [-0.15, -0.1) is 6.58 Å². The SMILES string of the molecule is C=CCCC1(C(=O)O)CCc2ccccc21. The summed E-state index contributed by atoms with van der Waals surface area (Å²) in [5, 5.41) is 9.50. The smallest absolute Gasteiger partial charge is 0.314 e. The summed E-state index contributed by atoms with van der Waals surface area (Å²) in [4.78, 5) is 11.6. The summed E-state index contributed by atoms with van der Waals surface area (Å²) in [6.45, 7) is 3.68. The molecule has 1 aromatic rings. The van der Waals surface area contributed by atoms with Crippen molar-refractivity contribution in [3.8, 4) is 0 Å². The molecule has 1 aromatic carbocycles. The van der Waals surface area contributed by atoms with Crippen LogP contribution in [-0.2, 0) is 16.6 Å². The fraction of sp³-hybridized carbons (Fsp3) is 0.357. The number of carboxylic acids is 1. The van der Waals surface area contributed by atoms with E-state index >= 15 is 0 Å². The summed E-state index contributed by atoms with van der Waals surface area (Å²) in [7, 11) is 0. The molecule has 2 heteroatoms. The lowest BCUT2D eigenvalue weighted by molar-refractivity contribution is -0.144. The predicted octanol–water partition coefficient (Wildman–Crippen LogP) is 2.92. The third-order valence-electron chi connectivity index (χ3n) is 3.54. The summed E-state index contributed by atoms with van der Waals surface area (Å²) in [6, 6.07) is 7.90. The van der Waals surface area contributed by atoms with Crippen LogP contribution < -0.4 is 0 Å². The van der Waals surface area contributed by atoms with Gasteiger partial charge < -0.3 is 5.11 Å². The summed E-state index contributed by atoms with van der Waals surface area (Å²) in [6.07, 6.45) is 4.80. The monoisotopic (exact) mass is 216 g/mol. The summed E-state index contributed by atoms with van der Waals surface area (Å²) < 4.78 is 0. The largest absolute Gasteiger partial charge is 0.481 e. The minimum atomic E-state index is -0.695. The number of rotatable bonds is 4. The Kier molecular flexibility index (Phi) is 2.82. The van der Waals surface area contributed by atoms with E-state index in [9.17, 15) is 9.90 Å². The highest BCUT2D eigenvalue weighted by molar-refractivity contribution is 5.83. The Morgan fingerprint density at radius 3 is 2.94 bits per heavy atom. The van der Waals surface area contributed by atoms with Gasteiger partial charge in [0, 0.05) is 0 Å². The Morgan fingerprint density at radius 2 is 2.25 bits per heavy atom. The van der Waals surface area contributed by atoms with Gasteiger partial charge in [0.05, 0.1) is 5.41 Å². The first-order chi connectivity index (χ1) is 7.70. The van der Waals surface area contributed by atoms with Crippen LogP contribution in [0, 0.1) is 0 Å². The van der Waals surface area contributed by atoms with Gasteiger partial charge in [0.25, 0.3) is 0 Å². The number of carboxylic acid groups (broad SMARTS) is 1. The molecule has 0 amide bonds. The molecule has 1 aliphatic rings. The molecule has 2 nitrogen and oxygen atoms in total. The molecule has 1 N–H and O–H groups in total. The zero-order valence-corrected chi connectivity index (χ0v) is 9.28. The Labute approximate surface area is 95.6 Å². The third kappa shape index (κ3) is 1.54. The number of carbonyl (C=O) groups is 1. The van der Waals surface area contributed by atoms with Crippen molar-refractivity contribution in [3.05, 3.63) is 48.0 Å². The average molecular weight is 216 g/mol. The van der Waals surface area contributed by atoms with E-state index in [0.29, 0.717) is 6.42 Å². The van der Waals surface area contributed by atoms with Crippen LogP contribution in [0.25, 0.3) is 0 Å². The Hall–Kier alpha value is -1.57. The van der Waals surface area contributed by atoms with Crippen LogP contribution >= 0.6 is 0 Å². The van der Waals surface area contributed by atoms with Gasteiger partial charge in [0.2, 0.25) is 0 Å². The Morgan fingerprint density at radius 1 is 1.50 bits per heavy atom. The summed E-state index contributed by atoms with van der Waals surface area (Å²) >= 11 is 0. The second-order valence-electron chi connectivity index (χ2n) is 4.37. The number of fused-ring (bicyclic) bond motifs is 1. The van der Waals surface area contributed by atoms with Gasteiger partial charge in [0.1, 0.15) is 0 Å². The van der Waals surface area contributed by atoms with Crippen molar-refractivity contribution in [2.24, 2.45) is 0 Å². The first kappa shape index (κ1) is 10.9. The van der Waals surface area contributed by atoms with Gasteiger partial charge >= 0.3 is 5.97 Å². The number of hydrogen-bond acceptors (Lipinski definition) is 1. The molecule has 0 saturated carbocycles. The lowest BCUT2D eigenvalue weighted by atomic mass is 9.78. The number of allylic oxidation sites excluding steroid dienone is 1. The molecule has 0 bridgehead atoms. The van der Waals surface area contributed by atoms with Crippen molar-refractivity contribution in [1.82, 2.24) is 0 Å². The fourth-order valence-corrected chi connectivity index (χ4v) is 2.63. The molecular formula is C14H16O2. The highest BCUT2D eigenvalue weighted by Crippen LogP contribution is 2.42. The Bertz CT molecular complexity index is 422. The second-order valence-corrected chi connectivity index (χ2v) is 4.37. The van der Waals surface area contributed by atoms with E-state index < -0.39 is 11.4 Å². The van der Waals surface area contributed by atoms with Crippen LogP contribution in [0.4, 0.5) is 0 Å². The molecule has 0 radical (unpaired) electrons. The minimum absolute atomic E-state index is 0.656. The first-order valence-corrected chi connectivity index (χ1v) is 5.63. The van der Waals surface area contributed by atoms with Gasteiger partial charge in [-0.1, -0.05) is 30.3 Å². The zero-order chi connectivity index (χ0) is 11.6. The quantitative estimate of drug-likeness (QED) is 0.786. The number of aryl methyl sites for hydroxylation is 1. The molecule has 0 spiro atoms. The number of hydrogen-bond donors (Lipinski definition) is 1. The molecule has 0 aliphatic heterocycles. The van der Waals surface area contributed by atoms with Crippen LogP contribution in [0.1, 0.15) is 30.4 Å². The van der Waals surface area contributed by atoms with Gasteiger partial charge in [-0.3, -0.25) is 4.79 Å². The van der Waals surface area contributed by atoms with Crippen LogP contribution in [0.3, 0.4) is 0 Å². The molecule has 0 fully saturated rings. The van der Waals surface area contributed by atoms with Crippen LogP contribution in [0.15, 0.2) is 36.9 Å². The predicted molar refractivity (Wildman–Crippen MR) is 63.5 cm³/mol. The van der Waals surface area contributed by atoms with E-state index in [1.54, 1.807) is 6.08 Å². The number of aliphatic carboxylic acids is 1. The minimum Gasteiger partial charge on any atom is -0.481 e.